The number of rotatable bonds is 4. The molecule has 1 atom stereocenters. The van der Waals surface area contributed by atoms with E-state index in [-0.39, 0.29) is 11.7 Å². The first-order valence-corrected chi connectivity index (χ1v) is 7.13. The summed E-state index contributed by atoms with van der Waals surface area (Å²) in [4.78, 5) is 13.2. The lowest BCUT2D eigenvalue weighted by molar-refractivity contribution is -0.117. The van der Waals surface area contributed by atoms with Crippen LogP contribution in [0.25, 0.3) is 11.0 Å². The van der Waals surface area contributed by atoms with E-state index < -0.39 is 6.17 Å². The van der Waals surface area contributed by atoms with E-state index in [0.717, 1.165) is 0 Å². The summed E-state index contributed by atoms with van der Waals surface area (Å²) in [7, 11) is 0. The maximum Gasteiger partial charge on any atom is 0.245 e. The number of nitrogens with one attached hydrogen (secondary N) is 1. The third-order valence-electron chi connectivity index (χ3n) is 3.56. The van der Waals surface area contributed by atoms with Gasteiger partial charge in [-0.3, -0.25) is 4.79 Å². The number of fused-ring (bicyclic) bond motifs is 1. The van der Waals surface area contributed by atoms with Crippen LogP contribution in [0.2, 0.25) is 0 Å². The zero-order valence-electron chi connectivity index (χ0n) is 12.6. The number of hydrogen-bond acceptors (Lipinski definition) is 4. The van der Waals surface area contributed by atoms with Crippen molar-refractivity contribution in [3.05, 3.63) is 66.2 Å². The number of aromatic nitrogens is 3. The van der Waals surface area contributed by atoms with Gasteiger partial charge in [0, 0.05) is 5.56 Å². The van der Waals surface area contributed by atoms with Gasteiger partial charge in [-0.25, -0.2) is 0 Å². The molecule has 1 amide bonds. The van der Waals surface area contributed by atoms with Gasteiger partial charge in [0.15, 0.2) is 6.17 Å². The van der Waals surface area contributed by atoms with Gasteiger partial charge in [0.05, 0.1) is 0 Å². The van der Waals surface area contributed by atoms with Crippen LogP contribution in [0, 0.1) is 6.92 Å². The molecule has 0 fully saturated rings. The second kappa shape index (κ2) is 5.92. The van der Waals surface area contributed by atoms with E-state index in [9.17, 15) is 9.90 Å². The lowest BCUT2D eigenvalue weighted by Gasteiger charge is -2.19. The summed E-state index contributed by atoms with van der Waals surface area (Å²) in [5.74, 6) is -0.277. The lowest BCUT2D eigenvalue weighted by atomic mass is 10.1. The average molecular weight is 308 g/mol. The highest BCUT2D eigenvalue weighted by Crippen LogP contribution is 2.28. The first kappa shape index (κ1) is 14.8. The minimum Gasteiger partial charge on any atom is -0.507 e. The van der Waals surface area contributed by atoms with Crippen LogP contribution in [0.3, 0.4) is 0 Å². The molecule has 0 aliphatic rings. The number of nitrogens with zero attached hydrogens (tertiary/aromatic N) is 3. The number of aryl methyl sites for hydroxylation is 1. The average Bonchev–Trinajstić information content (AvgIpc) is 2.99. The Morgan fingerprint density at radius 1 is 1.22 bits per heavy atom. The molecule has 0 radical (unpaired) electrons. The van der Waals surface area contributed by atoms with Crippen LogP contribution in [0.1, 0.15) is 17.3 Å². The zero-order chi connectivity index (χ0) is 16.4. The summed E-state index contributed by atoms with van der Waals surface area (Å²) in [6.07, 6.45) is 0.441. The molecule has 23 heavy (non-hydrogen) atoms. The summed E-state index contributed by atoms with van der Waals surface area (Å²) in [6.45, 7) is 5.25. The molecule has 0 saturated heterocycles. The van der Waals surface area contributed by atoms with Crippen LogP contribution < -0.4 is 5.32 Å². The smallest absolute Gasteiger partial charge is 0.245 e. The molecule has 116 valence electrons. The lowest BCUT2D eigenvalue weighted by Crippen LogP contribution is -2.33. The summed E-state index contributed by atoms with van der Waals surface area (Å²) >= 11 is 0. The Balaban J connectivity index is 2.13. The van der Waals surface area contributed by atoms with Gasteiger partial charge in [0.2, 0.25) is 5.91 Å². The van der Waals surface area contributed by atoms with Gasteiger partial charge in [-0.15, -0.1) is 0 Å². The van der Waals surface area contributed by atoms with Crippen molar-refractivity contribution in [2.75, 3.05) is 0 Å². The van der Waals surface area contributed by atoms with Gasteiger partial charge in [0.25, 0.3) is 0 Å². The van der Waals surface area contributed by atoms with E-state index in [0.29, 0.717) is 22.2 Å². The standard InChI is InChI=1S/C17H16N4O2/c1-3-15(22)18-17(12-8-6-7-11(2)16(12)23)21-19-13-9-4-5-10-14(13)20-21/h3-10,17,23H,1H2,2H3,(H,18,22). The SMILES string of the molecule is C=CC(=O)NC(c1cccc(C)c1O)n1nc2ccccc2n1. The van der Waals surface area contributed by atoms with E-state index in [4.69, 9.17) is 0 Å². The number of carbonyl (C=O) groups is 1. The molecular formula is C17H16N4O2. The van der Waals surface area contributed by atoms with Gasteiger partial charge in [-0.2, -0.15) is 15.0 Å². The molecule has 0 aliphatic heterocycles. The molecule has 0 spiro atoms. The number of phenols is 1. The first-order valence-electron chi connectivity index (χ1n) is 7.13. The number of carbonyl (C=O) groups excluding carboxylic acids is 1. The van der Waals surface area contributed by atoms with Gasteiger partial charge in [-0.05, 0) is 30.7 Å². The third-order valence-corrected chi connectivity index (χ3v) is 3.56. The molecule has 3 rings (SSSR count). The van der Waals surface area contributed by atoms with Crippen LogP contribution in [-0.2, 0) is 4.79 Å². The fourth-order valence-electron chi connectivity index (χ4n) is 2.35. The number of hydrogen-bond donors (Lipinski definition) is 2. The van der Waals surface area contributed by atoms with Crippen molar-refractivity contribution in [2.24, 2.45) is 0 Å². The van der Waals surface area contributed by atoms with Crippen LogP contribution >= 0.6 is 0 Å². The molecule has 3 aromatic rings. The fraction of sp³-hybridized carbons (Fsp3) is 0.118. The van der Waals surface area contributed by atoms with E-state index in [1.54, 1.807) is 25.1 Å². The summed E-state index contributed by atoms with van der Waals surface area (Å²) in [5.41, 5.74) is 2.63. The molecule has 6 nitrogen and oxygen atoms in total. The highest BCUT2D eigenvalue weighted by atomic mass is 16.3. The largest absolute Gasteiger partial charge is 0.507 e. The van der Waals surface area contributed by atoms with Crippen molar-refractivity contribution < 1.29 is 9.90 Å². The summed E-state index contributed by atoms with van der Waals surface area (Å²) in [6, 6.07) is 12.7. The highest BCUT2D eigenvalue weighted by Gasteiger charge is 2.22. The van der Waals surface area contributed by atoms with Gasteiger partial charge < -0.3 is 10.4 Å². The Morgan fingerprint density at radius 3 is 2.48 bits per heavy atom. The monoisotopic (exact) mass is 308 g/mol. The first-order chi connectivity index (χ1) is 11.1. The van der Waals surface area contributed by atoms with Crippen molar-refractivity contribution in [3.8, 4) is 5.75 Å². The number of benzene rings is 2. The minimum absolute atomic E-state index is 0.100. The zero-order valence-corrected chi connectivity index (χ0v) is 12.6. The van der Waals surface area contributed by atoms with Gasteiger partial charge >= 0.3 is 0 Å². The second-order valence-electron chi connectivity index (χ2n) is 5.14. The van der Waals surface area contributed by atoms with Crippen molar-refractivity contribution in [1.82, 2.24) is 20.3 Å². The van der Waals surface area contributed by atoms with Crippen molar-refractivity contribution in [1.29, 1.82) is 0 Å². The molecule has 0 saturated carbocycles. The topological polar surface area (TPSA) is 80.0 Å². The van der Waals surface area contributed by atoms with Crippen molar-refractivity contribution >= 4 is 16.9 Å². The predicted octanol–water partition coefficient (Wildman–Crippen LogP) is 2.29. The number of amides is 1. The Kier molecular flexibility index (Phi) is 3.80. The normalized spacial score (nSPS) is 12.0. The third kappa shape index (κ3) is 2.78. The van der Waals surface area contributed by atoms with Crippen LogP contribution in [0.4, 0.5) is 0 Å². The summed E-state index contributed by atoms with van der Waals surface area (Å²) < 4.78 is 0. The molecule has 1 unspecified atom stereocenters. The van der Waals surface area contributed by atoms with Crippen LogP contribution in [-0.4, -0.2) is 26.0 Å². The van der Waals surface area contributed by atoms with Gasteiger partial charge in [0.1, 0.15) is 16.8 Å². The summed E-state index contributed by atoms with van der Waals surface area (Å²) in [5, 5.41) is 21.9. The number of para-hydroxylation sites is 1. The second-order valence-corrected chi connectivity index (χ2v) is 5.14. The van der Waals surface area contributed by atoms with E-state index in [1.165, 1.54) is 10.9 Å². The Hall–Kier alpha value is -3.15. The number of phenolic OH excluding ortho intramolecular Hbond substituents is 1. The molecular weight excluding hydrogens is 292 g/mol. The Bertz CT molecular complexity index is 852. The maximum atomic E-state index is 11.8. The number of aromatic hydroxyl groups is 1. The highest BCUT2D eigenvalue weighted by molar-refractivity contribution is 5.87. The molecule has 2 N–H and O–H groups in total. The van der Waals surface area contributed by atoms with E-state index in [2.05, 4.69) is 22.1 Å². The van der Waals surface area contributed by atoms with E-state index >= 15 is 0 Å². The Labute approximate surface area is 133 Å². The maximum absolute atomic E-state index is 11.8. The minimum atomic E-state index is -0.729. The molecule has 0 bridgehead atoms. The van der Waals surface area contributed by atoms with Crippen LogP contribution in [0.15, 0.2) is 55.1 Å². The van der Waals surface area contributed by atoms with E-state index in [1.807, 2.05) is 24.3 Å². The fourth-order valence-corrected chi connectivity index (χ4v) is 2.35. The molecule has 1 aromatic heterocycles. The molecule has 0 aliphatic carbocycles. The van der Waals surface area contributed by atoms with Crippen molar-refractivity contribution in [3.63, 3.8) is 0 Å². The molecule has 6 heteroatoms. The predicted molar refractivity (Wildman–Crippen MR) is 86.9 cm³/mol. The van der Waals surface area contributed by atoms with Gasteiger partial charge in [-0.1, -0.05) is 36.9 Å². The Morgan fingerprint density at radius 2 is 1.87 bits per heavy atom. The van der Waals surface area contributed by atoms with Crippen molar-refractivity contribution in [2.45, 2.75) is 13.1 Å². The quantitative estimate of drug-likeness (QED) is 0.725. The van der Waals surface area contributed by atoms with Crippen LogP contribution in [0.5, 0.6) is 5.75 Å². The molecule has 1 heterocycles. The molecule has 2 aromatic carbocycles.